The number of nitrogen functional groups attached to an aromatic ring is 2. The number of nitrogens with zero attached hydrogens (tertiary/aromatic N) is 4. The van der Waals surface area contributed by atoms with Crippen molar-refractivity contribution in [1.29, 1.82) is 0 Å². The average Bonchev–Trinajstić information content (AvgIpc) is 4.20. The summed E-state index contributed by atoms with van der Waals surface area (Å²) in [6.07, 6.45) is 9.29. The maximum atomic E-state index is 7.48. The van der Waals surface area contributed by atoms with Crippen molar-refractivity contribution in [2.45, 2.75) is 169 Å². The van der Waals surface area contributed by atoms with E-state index >= 15 is 0 Å². The van der Waals surface area contributed by atoms with Crippen molar-refractivity contribution in [3.05, 3.63) is 124 Å². The monoisotopic (exact) mass is 1100 g/mol. The van der Waals surface area contributed by atoms with Crippen molar-refractivity contribution in [1.82, 2.24) is 9.13 Å². The molecule has 14 heteroatoms. The minimum Gasteiger partial charge on any atom is -0.416 e. The van der Waals surface area contributed by atoms with Crippen LogP contribution in [0.1, 0.15) is 106 Å². The predicted octanol–water partition coefficient (Wildman–Crippen LogP) is 16.2. The van der Waals surface area contributed by atoms with Gasteiger partial charge in [0.05, 0.1) is 24.3 Å². The highest BCUT2D eigenvalue weighted by molar-refractivity contribution is 9.10. The summed E-state index contributed by atoms with van der Waals surface area (Å²) in [4.78, 5) is 7.21. The van der Waals surface area contributed by atoms with Gasteiger partial charge in [0.15, 0.2) is 28.0 Å². The number of fused-ring (bicyclic) bond motifs is 2. The zero-order valence-electron chi connectivity index (χ0n) is 47.3. The highest BCUT2D eigenvalue weighted by Crippen LogP contribution is 2.52. The van der Waals surface area contributed by atoms with Gasteiger partial charge in [0.25, 0.3) is 0 Å². The first-order chi connectivity index (χ1) is 34.3. The smallest absolute Gasteiger partial charge is 0.416 e. The molecule has 74 heavy (non-hydrogen) atoms. The number of benzene rings is 4. The van der Waals surface area contributed by atoms with Crippen molar-refractivity contribution in [2.24, 2.45) is 10.8 Å². The van der Waals surface area contributed by atoms with Gasteiger partial charge in [-0.05, 0) is 183 Å². The van der Waals surface area contributed by atoms with E-state index in [9.17, 15) is 0 Å². The maximum Gasteiger partial charge on any atom is 0.495 e. The third-order valence-corrected chi connectivity index (χ3v) is 27.1. The Kier molecular flexibility index (Phi) is 16.0. The molecule has 394 valence electrons. The second-order valence-corrected chi connectivity index (χ2v) is 36.1. The fourth-order valence-corrected chi connectivity index (χ4v) is 11.6. The number of anilines is 2. The number of halogens is 1. The van der Waals surface area contributed by atoms with Gasteiger partial charge >= 0.3 is 7.12 Å². The third-order valence-electron chi connectivity index (χ3n) is 17.5. The first-order valence-corrected chi connectivity index (χ1v) is 32.9. The number of hydrogen-bond acceptors (Lipinski definition) is 6. The molecule has 0 atom stereocenters. The van der Waals surface area contributed by atoms with Gasteiger partial charge in [0, 0.05) is 87.4 Å². The van der Waals surface area contributed by atoms with E-state index in [-0.39, 0.29) is 39.2 Å². The Morgan fingerprint density at radius 1 is 0.635 bits per heavy atom. The standard InChI is InChI=1S/C27H35N3OSi.C20H27BrN2OSi.C13H20BNO2/c1-19-21(9-8-10-24(19)28)23-16-30(25-12-11-20(29-5)15-22(23)25)17-27(13-14-27)18-31-32(6,7)26(2,3)4;1-19(2,3)25(5,6)24-14-20(9-10-20)13-23-12-17(21)16-11-15(22-4)7-8-18(16)23;1-9-10(7-6-8-11(9)15)14-16-12(2,3)13(4,5)17-14/h8-12,15-16H,13-14,17-18,28H2,1-4,6-7H3;7-8,11-12H,9-10,13-14H2,1-3,5-6H3;6-8H,15H2,1-5H3. The third kappa shape index (κ3) is 12.1. The maximum absolute atomic E-state index is 7.48. The van der Waals surface area contributed by atoms with E-state index in [0.717, 1.165) is 80.6 Å². The Balaban J connectivity index is 0.000000170. The van der Waals surface area contributed by atoms with Crippen LogP contribution < -0.4 is 16.9 Å². The molecule has 2 aliphatic carbocycles. The quantitative estimate of drug-likeness (QED) is 0.0718. The molecule has 3 aliphatic rings. The minimum absolute atomic E-state index is 0.210. The van der Waals surface area contributed by atoms with Gasteiger partial charge in [0.1, 0.15) is 0 Å². The zero-order valence-corrected chi connectivity index (χ0v) is 50.9. The summed E-state index contributed by atoms with van der Waals surface area (Å²) < 4.78 is 30.9. The Morgan fingerprint density at radius 3 is 1.53 bits per heavy atom. The van der Waals surface area contributed by atoms with Crippen molar-refractivity contribution in [3.8, 4) is 11.1 Å². The first-order valence-electron chi connectivity index (χ1n) is 26.3. The number of rotatable bonds is 12. The van der Waals surface area contributed by atoms with E-state index in [0.29, 0.717) is 11.4 Å². The highest BCUT2D eigenvalue weighted by Gasteiger charge is 2.52. The van der Waals surface area contributed by atoms with E-state index in [4.69, 9.17) is 42.8 Å². The van der Waals surface area contributed by atoms with Gasteiger partial charge < -0.3 is 38.8 Å². The van der Waals surface area contributed by atoms with Crippen LogP contribution in [-0.4, -0.2) is 57.3 Å². The summed E-state index contributed by atoms with van der Waals surface area (Å²) in [6.45, 7) is 53.7. The van der Waals surface area contributed by atoms with E-state index < -0.39 is 16.6 Å². The Bertz CT molecular complexity index is 3110. The molecular weight excluding hydrogens is 1020 g/mol. The molecule has 2 saturated carbocycles. The Hall–Kier alpha value is -4.64. The molecule has 1 saturated heterocycles. The summed E-state index contributed by atoms with van der Waals surface area (Å²) in [5, 5.41) is 2.71. The molecule has 3 fully saturated rings. The van der Waals surface area contributed by atoms with Crippen LogP contribution in [0.3, 0.4) is 0 Å². The van der Waals surface area contributed by atoms with Crippen LogP contribution in [0.15, 0.2) is 89.7 Å². The fraction of sp³-hybridized carbons (Fsp3) is 0.500. The lowest BCUT2D eigenvalue weighted by molar-refractivity contribution is 0.00578. The molecule has 9 rings (SSSR count). The molecular formula is C60H82BBrN6O4Si2. The van der Waals surface area contributed by atoms with Crippen LogP contribution in [0.25, 0.3) is 42.6 Å². The topological polar surface area (TPSA) is 108 Å². The number of aromatic nitrogens is 2. The molecule has 0 spiro atoms. The lowest BCUT2D eigenvalue weighted by atomic mass is 9.76. The van der Waals surface area contributed by atoms with Crippen LogP contribution in [-0.2, 0) is 31.3 Å². The van der Waals surface area contributed by atoms with Crippen LogP contribution in [0.2, 0.25) is 36.3 Å². The SMILES string of the molecule is Cc1c(N)cccc1B1OC(C)(C)C(C)(C)O1.[C-]#[N+]c1ccc2c(c1)c(-c1cccc(N)c1C)cn2CC1(CO[Si](C)(C)C(C)(C)C)CC1.[C-]#[N+]c1ccc2c(c1)c(Br)cn2CC1(CO[Si](C)(C)C(C)(C)C)CC1. The zero-order chi connectivity index (χ0) is 54.6. The molecule has 3 heterocycles. The van der Waals surface area contributed by atoms with E-state index in [1.54, 1.807) is 0 Å². The predicted molar refractivity (Wildman–Crippen MR) is 320 cm³/mol. The van der Waals surface area contributed by atoms with Crippen LogP contribution in [0.4, 0.5) is 22.7 Å². The molecule has 4 N–H and O–H groups in total. The molecule has 0 amide bonds. The van der Waals surface area contributed by atoms with Crippen LogP contribution in [0, 0.1) is 37.8 Å². The minimum atomic E-state index is -1.78. The van der Waals surface area contributed by atoms with Gasteiger partial charge in [0.2, 0.25) is 0 Å². The van der Waals surface area contributed by atoms with Gasteiger partial charge in [-0.2, -0.15) is 0 Å². The Morgan fingerprint density at radius 2 is 1.07 bits per heavy atom. The van der Waals surface area contributed by atoms with Crippen molar-refractivity contribution in [2.75, 3.05) is 24.7 Å². The average molecular weight is 1100 g/mol. The van der Waals surface area contributed by atoms with Crippen LogP contribution in [0.5, 0.6) is 0 Å². The molecule has 1 aliphatic heterocycles. The van der Waals surface area contributed by atoms with E-state index in [1.165, 1.54) is 36.7 Å². The fourth-order valence-electron chi connectivity index (χ4n) is 8.86. The van der Waals surface area contributed by atoms with Crippen molar-refractivity contribution in [3.63, 3.8) is 0 Å². The molecule has 4 aromatic carbocycles. The van der Waals surface area contributed by atoms with Gasteiger partial charge in [-0.15, -0.1) is 0 Å². The molecule has 10 nitrogen and oxygen atoms in total. The molecule has 0 bridgehead atoms. The number of hydrogen-bond donors (Lipinski definition) is 2. The summed E-state index contributed by atoms with van der Waals surface area (Å²) in [5.74, 6) is 0. The molecule has 0 unspecified atom stereocenters. The molecule has 2 aromatic heterocycles. The summed E-state index contributed by atoms with van der Waals surface area (Å²) in [5.41, 5.74) is 22.7. The first kappa shape index (κ1) is 57.1. The number of nitrogens with two attached hydrogens (primary N) is 2. The summed E-state index contributed by atoms with van der Waals surface area (Å²) >= 11 is 3.66. The second-order valence-electron chi connectivity index (χ2n) is 25.7. The second kappa shape index (κ2) is 20.7. The van der Waals surface area contributed by atoms with Crippen molar-refractivity contribution >= 4 is 89.7 Å². The lowest BCUT2D eigenvalue weighted by Crippen LogP contribution is -2.42. The van der Waals surface area contributed by atoms with Gasteiger partial charge in [-0.1, -0.05) is 77.9 Å². The van der Waals surface area contributed by atoms with Gasteiger partial charge in [-0.25, -0.2) is 9.69 Å². The summed E-state index contributed by atoms with van der Waals surface area (Å²) in [6, 6.07) is 23.9. The highest BCUT2D eigenvalue weighted by atomic mass is 79.9. The normalized spacial score (nSPS) is 17.5. The largest absolute Gasteiger partial charge is 0.495 e. The van der Waals surface area contributed by atoms with E-state index in [2.05, 4.69) is 168 Å². The molecule has 6 aromatic rings. The summed E-state index contributed by atoms with van der Waals surface area (Å²) in [7, 11) is -3.81. The van der Waals surface area contributed by atoms with Crippen molar-refractivity contribution < 1.29 is 18.2 Å². The lowest BCUT2D eigenvalue weighted by Gasteiger charge is -2.37. The van der Waals surface area contributed by atoms with Crippen LogP contribution >= 0.6 is 15.9 Å². The molecule has 0 radical (unpaired) electrons. The van der Waals surface area contributed by atoms with E-state index in [1.807, 2.05) is 61.5 Å². The van der Waals surface area contributed by atoms with Gasteiger partial charge in [-0.3, -0.25) is 0 Å². The Labute approximate surface area is 454 Å².